The average molecular weight is 350 g/mol. The van der Waals surface area contributed by atoms with Crippen molar-refractivity contribution in [2.75, 3.05) is 19.7 Å². The Kier molecular flexibility index (Phi) is 5.98. The first-order valence-corrected chi connectivity index (χ1v) is 7.36. The number of aromatic nitrogens is 2. The molecule has 6 heteroatoms. The number of carbonyl (C=O) groups is 1. The van der Waals surface area contributed by atoms with Crippen molar-refractivity contribution in [1.29, 1.82) is 0 Å². The molecule has 0 bridgehead atoms. The van der Waals surface area contributed by atoms with Crippen LogP contribution in [0.1, 0.15) is 16.2 Å². The summed E-state index contributed by atoms with van der Waals surface area (Å²) in [6.07, 6.45) is 3.10. The van der Waals surface area contributed by atoms with Gasteiger partial charge in [0.2, 0.25) is 5.78 Å². The lowest BCUT2D eigenvalue weighted by Gasteiger charge is -2.20. The van der Waals surface area contributed by atoms with Crippen molar-refractivity contribution in [2.45, 2.75) is 6.54 Å². The summed E-state index contributed by atoms with van der Waals surface area (Å²) in [5.41, 5.74) is 1.09. The molecule has 0 spiro atoms. The minimum absolute atomic E-state index is 0.00130. The third-order valence-corrected chi connectivity index (χ3v) is 3.31. The van der Waals surface area contributed by atoms with Crippen LogP contribution in [0.15, 0.2) is 47.2 Å². The Balaban J connectivity index is 2.02. The second-order valence-electron chi connectivity index (χ2n) is 4.57. The number of ketones is 1. The molecule has 1 N–H and O–H groups in total. The Bertz CT molecular complexity index is 575. The minimum atomic E-state index is -0.160. The van der Waals surface area contributed by atoms with Crippen LogP contribution in [-0.4, -0.2) is 45.5 Å². The van der Waals surface area contributed by atoms with E-state index in [4.69, 9.17) is 5.11 Å². The van der Waals surface area contributed by atoms with Gasteiger partial charge in [0.15, 0.2) is 5.82 Å². The van der Waals surface area contributed by atoms with Gasteiger partial charge in [-0.1, -0.05) is 30.3 Å². The van der Waals surface area contributed by atoms with Gasteiger partial charge in [-0.2, -0.15) is 0 Å². The van der Waals surface area contributed by atoms with Gasteiger partial charge in [0.05, 0.1) is 17.6 Å². The van der Waals surface area contributed by atoms with E-state index in [9.17, 15) is 4.79 Å². The van der Waals surface area contributed by atoms with E-state index in [1.165, 1.54) is 0 Å². The molecule has 0 aliphatic rings. The Morgan fingerprint density at radius 2 is 1.86 bits per heavy atom. The predicted molar refractivity (Wildman–Crippen MR) is 82.9 cm³/mol. The molecule has 1 heterocycles. The number of aliphatic hydroxyl groups excluding tert-OH is 1. The van der Waals surface area contributed by atoms with E-state index in [0.717, 1.165) is 10.0 Å². The zero-order valence-electron chi connectivity index (χ0n) is 11.4. The van der Waals surface area contributed by atoms with Crippen molar-refractivity contribution in [3.63, 3.8) is 0 Å². The van der Waals surface area contributed by atoms with Crippen LogP contribution < -0.4 is 0 Å². The zero-order chi connectivity index (χ0) is 15.1. The Labute approximate surface area is 131 Å². The highest BCUT2D eigenvalue weighted by Crippen LogP contribution is 2.07. The molecule has 110 valence electrons. The van der Waals surface area contributed by atoms with Gasteiger partial charge < -0.3 is 5.11 Å². The average Bonchev–Trinajstić information content (AvgIpc) is 2.49. The molecule has 2 rings (SSSR count). The maximum atomic E-state index is 12.2. The van der Waals surface area contributed by atoms with Crippen LogP contribution in [0.25, 0.3) is 0 Å². The van der Waals surface area contributed by atoms with Crippen molar-refractivity contribution in [2.24, 2.45) is 0 Å². The molecule has 1 aromatic carbocycles. The Hall–Kier alpha value is -1.63. The standard InChI is InChI=1S/C15H16BrN3O2/c16-13-8-17-15(18-9-13)14(21)11-19(6-7-20)10-12-4-2-1-3-5-12/h1-5,8-9,20H,6-7,10-11H2. The molecule has 1 aromatic heterocycles. The van der Waals surface area contributed by atoms with E-state index in [-0.39, 0.29) is 24.8 Å². The Morgan fingerprint density at radius 3 is 2.48 bits per heavy atom. The second-order valence-corrected chi connectivity index (χ2v) is 5.48. The van der Waals surface area contributed by atoms with Crippen molar-refractivity contribution < 1.29 is 9.90 Å². The highest BCUT2D eigenvalue weighted by Gasteiger charge is 2.15. The van der Waals surface area contributed by atoms with Crippen LogP contribution in [0.3, 0.4) is 0 Å². The van der Waals surface area contributed by atoms with E-state index < -0.39 is 0 Å². The van der Waals surface area contributed by atoms with Crippen LogP contribution in [0, 0.1) is 0 Å². The third kappa shape index (κ3) is 5.00. The van der Waals surface area contributed by atoms with Crippen molar-refractivity contribution in [3.05, 3.63) is 58.6 Å². The van der Waals surface area contributed by atoms with E-state index >= 15 is 0 Å². The lowest BCUT2D eigenvalue weighted by Crippen LogP contribution is -2.32. The number of hydrogen-bond donors (Lipinski definition) is 1. The number of Topliss-reactive ketones (excluding diaryl/α,β-unsaturated/α-hetero) is 1. The van der Waals surface area contributed by atoms with Crippen molar-refractivity contribution in [3.8, 4) is 0 Å². The lowest BCUT2D eigenvalue weighted by atomic mass is 10.2. The molecule has 0 atom stereocenters. The molecule has 0 saturated heterocycles. The number of nitrogens with zero attached hydrogens (tertiary/aromatic N) is 3. The third-order valence-electron chi connectivity index (χ3n) is 2.90. The molecule has 21 heavy (non-hydrogen) atoms. The molecule has 0 saturated carbocycles. The maximum absolute atomic E-state index is 12.2. The fourth-order valence-electron chi connectivity index (χ4n) is 1.93. The first-order chi connectivity index (χ1) is 10.2. The summed E-state index contributed by atoms with van der Waals surface area (Å²) >= 11 is 3.23. The van der Waals surface area contributed by atoms with Crippen LogP contribution in [-0.2, 0) is 6.54 Å². The summed E-state index contributed by atoms with van der Waals surface area (Å²) in [6, 6.07) is 9.83. The molecule has 0 unspecified atom stereocenters. The number of aliphatic hydroxyl groups is 1. The van der Waals surface area contributed by atoms with Gasteiger partial charge in [-0.25, -0.2) is 9.97 Å². The topological polar surface area (TPSA) is 66.3 Å². The van der Waals surface area contributed by atoms with Gasteiger partial charge in [-0.05, 0) is 21.5 Å². The highest BCUT2D eigenvalue weighted by molar-refractivity contribution is 9.10. The SMILES string of the molecule is O=C(CN(CCO)Cc1ccccc1)c1ncc(Br)cn1. The molecular weight excluding hydrogens is 334 g/mol. The van der Waals surface area contributed by atoms with E-state index in [2.05, 4.69) is 25.9 Å². The zero-order valence-corrected chi connectivity index (χ0v) is 13.0. The first-order valence-electron chi connectivity index (χ1n) is 6.57. The van der Waals surface area contributed by atoms with Gasteiger partial charge in [0.1, 0.15) is 0 Å². The van der Waals surface area contributed by atoms with Crippen molar-refractivity contribution in [1.82, 2.24) is 14.9 Å². The van der Waals surface area contributed by atoms with Crippen LogP contribution >= 0.6 is 15.9 Å². The monoisotopic (exact) mass is 349 g/mol. The predicted octanol–water partition coefficient (Wildman–Crippen LogP) is 1.92. The van der Waals surface area contributed by atoms with Crippen LogP contribution in [0.4, 0.5) is 0 Å². The second kappa shape index (κ2) is 7.97. The molecule has 0 fully saturated rings. The molecule has 0 aliphatic heterocycles. The molecule has 0 radical (unpaired) electrons. The van der Waals surface area contributed by atoms with Crippen LogP contribution in [0.5, 0.6) is 0 Å². The lowest BCUT2D eigenvalue weighted by molar-refractivity contribution is 0.0898. The van der Waals surface area contributed by atoms with Gasteiger partial charge in [0, 0.05) is 25.5 Å². The minimum Gasteiger partial charge on any atom is -0.395 e. The van der Waals surface area contributed by atoms with E-state index in [1.54, 1.807) is 12.4 Å². The summed E-state index contributed by atoms with van der Waals surface area (Å²) in [4.78, 5) is 22.0. The number of halogens is 1. The molecule has 5 nitrogen and oxygen atoms in total. The molecule has 2 aromatic rings. The summed E-state index contributed by atoms with van der Waals surface area (Å²) in [5, 5.41) is 9.14. The smallest absolute Gasteiger partial charge is 0.213 e. The fourth-order valence-corrected chi connectivity index (χ4v) is 2.13. The normalized spacial score (nSPS) is 10.8. The quantitative estimate of drug-likeness (QED) is 0.773. The fraction of sp³-hybridized carbons (Fsp3) is 0.267. The largest absolute Gasteiger partial charge is 0.395 e. The number of hydrogen-bond acceptors (Lipinski definition) is 5. The number of rotatable bonds is 7. The van der Waals surface area contributed by atoms with Gasteiger partial charge in [0.25, 0.3) is 0 Å². The summed E-state index contributed by atoms with van der Waals surface area (Å²) in [5.74, 6) is 0.0288. The van der Waals surface area contributed by atoms with Crippen molar-refractivity contribution >= 4 is 21.7 Å². The van der Waals surface area contributed by atoms with Crippen LogP contribution in [0.2, 0.25) is 0 Å². The van der Waals surface area contributed by atoms with E-state index in [1.807, 2.05) is 35.2 Å². The van der Waals surface area contributed by atoms with Gasteiger partial charge in [-0.3, -0.25) is 9.69 Å². The van der Waals surface area contributed by atoms with Gasteiger partial charge in [-0.15, -0.1) is 0 Å². The summed E-state index contributed by atoms with van der Waals surface area (Å²) in [6.45, 7) is 1.21. The van der Waals surface area contributed by atoms with E-state index in [0.29, 0.717) is 13.1 Å². The molecule has 0 amide bonds. The maximum Gasteiger partial charge on any atom is 0.213 e. The number of benzene rings is 1. The first kappa shape index (κ1) is 15.8. The molecular formula is C15H16BrN3O2. The summed E-state index contributed by atoms with van der Waals surface area (Å²) in [7, 11) is 0. The van der Waals surface area contributed by atoms with Gasteiger partial charge >= 0.3 is 0 Å². The Morgan fingerprint density at radius 1 is 1.19 bits per heavy atom. The number of carbonyl (C=O) groups excluding carboxylic acids is 1. The molecule has 0 aliphatic carbocycles. The summed E-state index contributed by atoms with van der Waals surface area (Å²) < 4.78 is 0.732. The highest BCUT2D eigenvalue weighted by atomic mass is 79.9.